The summed E-state index contributed by atoms with van der Waals surface area (Å²) in [5, 5.41) is 7.57. The lowest BCUT2D eigenvalue weighted by Crippen LogP contribution is -2.42. The van der Waals surface area contributed by atoms with Gasteiger partial charge in [0.15, 0.2) is 0 Å². The summed E-state index contributed by atoms with van der Waals surface area (Å²) in [6.45, 7) is 8.92. The van der Waals surface area contributed by atoms with Crippen LogP contribution in [-0.2, 0) is 18.0 Å². The Morgan fingerprint density at radius 3 is 1.94 bits per heavy atom. The molecule has 0 aromatic heterocycles. The minimum Gasteiger partial charge on any atom is -0.397 e. The third-order valence-corrected chi connectivity index (χ3v) is 4.89. The monoisotopic (exact) mass is 280 g/mol. The van der Waals surface area contributed by atoms with Crippen LogP contribution in [0, 0.1) is 0 Å². The molecule has 0 radical (unpaired) electrons. The molecule has 0 aromatic carbocycles. The predicted octanol–water partition coefficient (Wildman–Crippen LogP) is 1.85. The van der Waals surface area contributed by atoms with Crippen LogP contribution in [0.3, 0.4) is 0 Å². The van der Waals surface area contributed by atoms with Gasteiger partial charge in [0, 0.05) is 40.6 Å². The fourth-order valence-corrected chi connectivity index (χ4v) is 2.88. The summed E-state index contributed by atoms with van der Waals surface area (Å²) in [5.74, 6) is 0. The van der Waals surface area contributed by atoms with Gasteiger partial charge in [-0.05, 0) is 20.3 Å². The quantitative estimate of drug-likeness (QED) is 0.397. The van der Waals surface area contributed by atoms with Gasteiger partial charge in [0.1, 0.15) is 0 Å². The van der Waals surface area contributed by atoms with Gasteiger partial charge >= 0.3 is 8.80 Å². The maximum absolute atomic E-state index is 7.57. The van der Waals surface area contributed by atoms with Crippen LogP contribution >= 0.6 is 0 Å². The van der Waals surface area contributed by atoms with Crippen LogP contribution in [0.2, 0.25) is 6.04 Å². The minimum absolute atomic E-state index is 0.250. The molecule has 0 aliphatic carbocycles. The second-order valence-electron chi connectivity index (χ2n) is 3.72. The van der Waals surface area contributed by atoms with Gasteiger partial charge in [-0.2, -0.15) is 0 Å². The summed E-state index contributed by atoms with van der Waals surface area (Å²) >= 11 is 0. The topological polar surface area (TPSA) is 57.2 Å². The van der Waals surface area contributed by atoms with Gasteiger partial charge in [-0.15, -0.1) is 0 Å². The molecule has 0 bridgehead atoms. The number of hydrogen-bond acceptors (Lipinski definition) is 5. The summed E-state index contributed by atoms with van der Waals surface area (Å²) in [4.78, 5) is 0. The van der Waals surface area contributed by atoms with Crippen LogP contribution < -0.4 is 0 Å². The van der Waals surface area contributed by atoms with E-state index in [1.165, 1.54) is 0 Å². The molecule has 110 valence electrons. The highest BCUT2D eigenvalue weighted by Gasteiger charge is 2.36. The van der Waals surface area contributed by atoms with Crippen molar-refractivity contribution in [2.24, 2.45) is 0 Å². The molecule has 0 atom stereocenters. The number of hydrogen-bond donors (Lipinski definition) is 1. The SMILES string of the molecule is C=C(C)COCCC[Si](OC)(OC)OC.CCO. The summed E-state index contributed by atoms with van der Waals surface area (Å²) in [7, 11) is 2.46. The zero-order chi connectivity index (χ0) is 14.4. The summed E-state index contributed by atoms with van der Waals surface area (Å²) < 4.78 is 21.2. The van der Waals surface area contributed by atoms with E-state index in [1.807, 2.05) is 6.92 Å². The molecule has 0 aliphatic heterocycles. The van der Waals surface area contributed by atoms with Gasteiger partial charge in [-0.25, -0.2) is 0 Å². The molecule has 6 heteroatoms. The molecule has 0 amide bonds. The number of aliphatic hydroxyl groups is 1. The summed E-state index contributed by atoms with van der Waals surface area (Å²) in [5.41, 5.74) is 1.03. The van der Waals surface area contributed by atoms with Gasteiger partial charge in [0.25, 0.3) is 0 Å². The molecule has 0 spiro atoms. The molecule has 0 saturated heterocycles. The van der Waals surface area contributed by atoms with E-state index < -0.39 is 8.80 Å². The minimum atomic E-state index is -2.40. The highest BCUT2D eigenvalue weighted by molar-refractivity contribution is 6.60. The fraction of sp³-hybridized carbons (Fsp3) is 0.833. The summed E-state index contributed by atoms with van der Waals surface area (Å²) in [6, 6.07) is 0.771. The van der Waals surface area contributed by atoms with Gasteiger partial charge < -0.3 is 23.1 Å². The van der Waals surface area contributed by atoms with Crippen molar-refractivity contribution < 1.29 is 23.1 Å². The third-order valence-electron chi connectivity index (χ3n) is 2.05. The third kappa shape index (κ3) is 10.9. The molecule has 18 heavy (non-hydrogen) atoms. The van der Waals surface area contributed by atoms with Crippen LogP contribution in [0.25, 0.3) is 0 Å². The number of ether oxygens (including phenoxy) is 1. The largest absolute Gasteiger partial charge is 0.500 e. The zero-order valence-electron chi connectivity index (χ0n) is 12.3. The molecule has 1 N–H and O–H groups in total. The number of rotatable bonds is 9. The Labute approximate surface area is 112 Å². The van der Waals surface area contributed by atoms with Crippen LogP contribution in [0.5, 0.6) is 0 Å². The van der Waals surface area contributed by atoms with E-state index in [0.717, 1.165) is 18.0 Å². The maximum Gasteiger partial charge on any atom is 0.500 e. The number of aliphatic hydroxyl groups excluding tert-OH is 1. The van der Waals surface area contributed by atoms with Crippen LogP contribution in [0.1, 0.15) is 20.3 Å². The highest BCUT2D eigenvalue weighted by atomic mass is 28.4. The van der Waals surface area contributed by atoms with E-state index in [-0.39, 0.29) is 6.61 Å². The van der Waals surface area contributed by atoms with Crippen LogP contribution in [-0.4, -0.2) is 55.1 Å². The molecular formula is C12H28O5Si. The van der Waals surface area contributed by atoms with Crippen molar-refractivity contribution in [3.63, 3.8) is 0 Å². The molecule has 0 saturated carbocycles. The second-order valence-corrected chi connectivity index (χ2v) is 6.82. The van der Waals surface area contributed by atoms with Crippen molar-refractivity contribution in [3.05, 3.63) is 12.2 Å². The molecule has 0 heterocycles. The van der Waals surface area contributed by atoms with Gasteiger partial charge in [0.05, 0.1) is 6.61 Å². The lowest BCUT2D eigenvalue weighted by Gasteiger charge is -2.24. The average Bonchev–Trinajstić information content (AvgIpc) is 2.35. The van der Waals surface area contributed by atoms with Crippen molar-refractivity contribution in [2.75, 3.05) is 41.2 Å². The summed E-state index contributed by atoms with van der Waals surface area (Å²) in [6.07, 6.45) is 0.870. The Morgan fingerprint density at radius 1 is 1.17 bits per heavy atom. The Balaban J connectivity index is 0. The van der Waals surface area contributed by atoms with Gasteiger partial charge in [-0.1, -0.05) is 12.2 Å². The molecule has 0 rings (SSSR count). The normalized spacial score (nSPS) is 10.8. The molecule has 0 fully saturated rings. The molecular weight excluding hydrogens is 252 g/mol. The van der Waals surface area contributed by atoms with E-state index in [1.54, 1.807) is 28.3 Å². The van der Waals surface area contributed by atoms with Gasteiger partial charge in [0.2, 0.25) is 0 Å². The first-order chi connectivity index (χ1) is 8.51. The molecule has 0 unspecified atom stereocenters. The van der Waals surface area contributed by atoms with E-state index in [9.17, 15) is 0 Å². The van der Waals surface area contributed by atoms with E-state index in [0.29, 0.717) is 13.2 Å². The van der Waals surface area contributed by atoms with Crippen LogP contribution in [0.15, 0.2) is 12.2 Å². The van der Waals surface area contributed by atoms with Crippen molar-refractivity contribution in [2.45, 2.75) is 26.3 Å². The predicted molar refractivity (Wildman–Crippen MR) is 74.6 cm³/mol. The Kier molecular flexibility index (Phi) is 14.7. The standard InChI is InChI=1S/C10H22O4Si.C2H6O/c1-10(2)9-14-7-6-8-15(11-3,12-4)13-5;1-2-3/h1,6-9H2,2-5H3;3H,2H2,1H3. The smallest absolute Gasteiger partial charge is 0.397 e. The second kappa shape index (κ2) is 13.2. The van der Waals surface area contributed by atoms with E-state index in [2.05, 4.69) is 6.58 Å². The first kappa shape index (κ1) is 20.1. The Hall–Kier alpha value is -0.243. The Bertz CT molecular complexity index is 187. The zero-order valence-corrected chi connectivity index (χ0v) is 13.3. The molecule has 0 aliphatic rings. The van der Waals surface area contributed by atoms with E-state index in [4.69, 9.17) is 23.1 Å². The Morgan fingerprint density at radius 2 is 1.61 bits per heavy atom. The lowest BCUT2D eigenvalue weighted by atomic mass is 10.4. The first-order valence-electron chi connectivity index (χ1n) is 6.00. The van der Waals surface area contributed by atoms with Gasteiger partial charge in [-0.3, -0.25) is 0 Å². The maximum atomic E-state index is 7.57. The lowest BCUT2D eigenvalue weighted by molar-refractivity contribution is 0.113. The fourth-order valence-electron chi connectivity index (χ4n) is 1.19. The first-order valence-corrected chi connectivity index (χ1v) is 7.93. The van der Waals surface area contributed by atoms with Crippen molar-refractivity contribution in [1.29, 1.82) is 0 Å². The van der Waals surface area contributed by atoms with Crippen LogP contribution in [0.4, 0.5) is 0 Å². The highest BCUT2D eigenvalue weighted by Crippen LogP contribution is 2.14. The molecule has 5 nitrogen and oxygen atoms in total. The van der Waals surface area contributed by atoms with Crippen molar-refractivity contribution in [3.8, 4) is 0 Å². The van der Waals surface area contributed by atoms with Crippen molar-refractivity contribution in [1.82, 2.24) is 0 Å². The van der Waals surface area contributed by atoms with E-state index >= 15 is 0 Å². The molecule has 0 aromatic rings. The average molecular weight is 280 g/mol. The van der Waals surface area contributed by atoms with Crippen molar-refractivity contribution >= 4 is 8.80 Å².